The van der Waals surface area contributed by atoms with Crippen molar-refractivity contribution in [2.45, 2.75) is 0 Å². The van der Waals surface area contributed by atoms with Crippen LogP contribution >= 0.6 is 8.65 Å². The molecule has 0 heterocycles. The zero-order valence-electron chi connectivity index (χ0n) is 4.50. The second-order valence-electron chi connectivity index (χ2n) is 1.08. The first-order chi connectivity index (χ1) is 4.00. The molecule has 0 N–H and O–H groups in total. The number of benzene rings is 1. The van der Waals surface area contributed by atoms with Gasteiger partial charge in [0.15, 0.2) is 0 Å². The Morgan fingerprint density at radius 2 is 1.50 bits per heavy atom. The molecule has 1 aromatic carbocycles. The third-order valence-corrected chi connectivity index (χ3v) is 0.607. The van der Waals surface area contributed by atoms with Crippen molar-refractivity contribution in [3.63, 3.8) is 0 Å². The van der Waals surface area contributed by atoms with Crippen LogP contribution in [-0.4, -0.2) is 0 Å². The van der Waals surface area contributed by atoms with Gasteiger partial charge in [-0.15, -0.1) is 0 Å². The normalized spacial score (nSPS) is 6.75. The van der Waals surface area contributed by atoms with Crippen LogP contribution in [0.15, 0.2) is 30.3 Å². The fourth-order valence-corrected chi connectivity index (χ4v) is 0.342. The van der Waals surface area contributed by atoms with E-state index >= 15 is 0 Å². The molecule has 2 heteroatoms. The molecule has 0 amide bonds. The third-order valence-electron chi connectivity index (χ3n) is 0.607. The predicted octanol–water partition coefficient (Wildman–Crippen LogP) is 2.13. The Balaban J connectivity index is 0.000000222. The maximum atomic E-state index is 4.25. The van der Waals surface area contributed by atoms with E-state index in [0.29, 0.717) is 0 Å². The molecule has 0 unspecified atom stereocenters. The number of hydrogen-bond donors (Lipinski definition) is 0. The van der Waals surface area contributed by atoms with Crippen LogP contribution in [0, 0.1) is 6.07 Å². The van der Waals surface area contributed by atoms with Gasteiger partial charge in [0.25, 0.3) is 0 Å². The van der Waals surface area contributed by atoms with Crippen molar-refractivity contribution in [2.24, 2.45) is 0 Å². The first-order valence-electron chi connectivity index (χ1n) is 2.20. The van der Waals surface area contributed by atoms with Crippen LogP contribution in [0.25, 0.3) is 0 Å². The number of rotatable bonds is 0. The Bertz CT molecular complexity index is 91.4. The van der Waals surface area contributed by atoms with Crippen molar-refractivity contribution in [3.8, 4) is 0 Å². The summed E-state index contributed by atoms with van der Waals surface area (Å²) in [6, 6.07) is 12.5. The van der Waals surface area contributed by atoms with Gasteiger partial charge in [0.1, 0.15) is 0 Å². The van der Waals surface area contributed by atoms with E-state index in [9.17, 15) is 0 Å². The largest absolute Gasteiger partial charge is 0.184 e. The first-order valence-corrected chi connectivity index (χ1v) is 7.72. The number of hydrogen-bond acceptors (Lipinski definition) is 1. The molecule has 0 aliphatic carbocycles. The van der Waals surface area contributed by atoms with E-state index in [1.54, 1.807) is 0 Å². The maximum absolute atomic E-state index is 4.25. The quantitative estimate of drug-likeness (QED) is 0.478. The van der Waals surface area contributed by atoms with Crippen LogP contribution in [-0.2, 0) is 23.7 Å². The molecule has 0 saturated carbocycles. The van der Waals surface area contributed by atoms with Gasteiger partial charge in [-0.05, 0) is 0 Å². The van der Waals surface area contributed by atoms with Crippen molar-refractivity contribution in [2.75, 3.05) is 0 Å². The molecule has 38 valence electrons. The third kappa shape index (κ3) is 4.52. The molecule has 1 aromatic rings. The minimum atomic E-state index is 0.733. The zero-order chi connectivity index (χ0) is 6.24. The van der Waals surface area contributed by atoms with Gasteiger partial charge in [-0.3, -0.25) is 0 Å². The molecular weight excluding hydrogens is 217 g/mol. The summed E-state index contributed by atoms with van der Waals surface area (Å²) in [5.41, 5.74) is 0. The van der Waals surface area contributed by atoms with E-state index in [4.69, 9.17) is 0 Å². The van der Waals surface area contributed by atoms with E-state index in [-0.39, 0.29) is 0 Å². The van der Waals surface area contributed by atoms with Gasteiger partial charge in [0, 0.05) is 0 Å². The second-order valence-corrected chi connectivity index (χ2v) is 1.08. The standard InChI is InChI=1S/C6H5.Cd.S/c1-2-4-6-5-3-1;;/h1-5H;;/q-1;;. The van der Waals surface area contributed by atoms with Gasteiger partial charge in [0.2, 0.25) is 0 Å². The Morgan fingerprint density at radius 3 is 1.62 bits per heavy atom. The van der Waals surface area contributed by atoms with Gasteiger partial charge >= 0.3 is 32.3 Å². The summed E-state index contributed by atoms with van der Waals surface area (Å²) in [6.45, 7) is 0. The summed E-state index contributed by atoms with van der Waals surface area (Å²) >= 11 is 0.733. The van der Waals surface area contributed by atoms with Crippen LogP contribution in [0.1, 0.15) is 0 Å². The molecule has 0 spiro atoms. The maximum Gasteiger partial charge on any atom is -0.171 e. The topological polar surface area (TPSA) is 0 Å². The molecule has 0 nitrogen and oxygen atoms in total. The molecular formula is C6H5CdS-. The van der Waals surface area contributed by atoms with Crippen LogP contribution in [0.5, 0.6) is 0 Å². The molecule has 0 bridgehead atoms. The first kappa shape index (κ1) is 8.36. The van der Waals surface area contributed by atoms with Gasteiger partial charge < -0.3 is 0 Å². The molecule has 0 fully saturated rings. The van der Waals surface area contributed by atoms with E-state index in [1.807, 2.05) is 30.3 Å². The van der Waals surface area contributed by atoms with Gasteiger partial charge in [-0.2, -0.15) is 36.4 Å². The van der Waals surface area contributed by atoms with Gasteiger partial charge in [-0.1, -0.05) is 0 Å². The Hall–Kier alpha value is 0.362. The molecule has 0 atom stereocenters. The molecule has 1 rings (SSSR count). The van der Waals surface area contributed by atoms with E-state index in [1.165, 1.54) is 0 Å². The summed E-state index contributed by atoms with van der Waals surface area (Å²) in [6.07, 6.45) is 0. The molecule has 0 saturated heterocycles. The average molecular weight is 222 g/mol. The second kappa shape index (κ2) is 7.36. The van der Waals surface area contributed by atoms with E-state index < -0.39 is 0 Å². The van der Waals surface area contributed by atoms with Gasteiger partial charge in [0.05, 0.1) is 0 Å². The fourth-order valence-electron chi connectivity index (χ4n) is 0.342. The van der Waals surface area contributed by atoms with Crippen LogP contribution in [0.4, 0.5) is 0 Å². The SMILES string of the molecule is [S]=[Cd].[c-]1ccccc1. The Labute approximate surface area is 68.4 Å². The van der Waals surface area contributed by atoms with E-state index in [2.05, 4.69) is 14.7 Å². The fraction of sp³-hybridized carbons (Fsp3) is 0. The zero-order valence-corrected chi connectivity index (χ0v) is 9.35. The van der Waals surface area contributed by atoms with Crippen molar-refractivity contribution in [1.82, 2.24) is 0 Å². The van der Waals surface area contributed by atoms with E-state index in [0.717, 1.165) is 23.7 Å². The predicted molar refractivity (Wildman–Crippen MR) is 32.9 cm³/mol. The van der Waals surface area contributed by atoms with Gasteiger partial charge in [-0.25, -0.2) is 0 Å². The molecule has 0 aliphatic rings. The Morgan fingerprint density at radius 1 is 1.00 bits per heavy atom. The molecule has 0 radical (unpaired) electrons. The molecule has 0 aliphatic heterocycles. The molecule has 8 heavy (non-hydrogen) atoms. The molecule has 0 aromatic heterocycles. The summed E-state index contributed by atoms with van der Waals surface area (Å²) in [4.78, 5) is 0. The van der Waals surface area contributed by atoms with Crippen molar-refractivity contribution < 1.29 is 23.7 Å². The van der Waals surface area contributed by atoms with Crippen molar-refractivity contribution in [1.29, 1.82) is 0 Å². The smallest absolute Gasteiger partial charge is 0.171 e. The minimum absolute atomic E-state index is 0.733. The summed E-state index contributed by atoms with van der Waals surface area (Å²) < 4.78 is 0. The monoisotopic (exact) mass is 223 g/mol. The van der Waals surface area contributed by atoms with Crippen LogP contribution < -0.4 is 0 Å². The van der Waals surface area contributed by atoms with Crippen LogP contribution in [0.3, 0.4) is 0 Å². The Kier molecular flexibility index (Phi) is 7.70. The summed E-state index contributed by atoms with van der Waals surface area (Å²) in [5.74, 6) is 0. The minimum Gasteiger partial charge on any atom is -0.184 e. The summed E-state index contributed by atoms with van der Waals surface area (Å²) in [5, 5.41) is 0. The van der Waals surface area contributed by atoms with Crippen molar-refractivity contribution in [3.05, 3.63) is 36.4 Å². The summed E-state index contributed by atoms with van der Waals surface area (Å²) in [7, 11) is 4.25. The van der Waals surface area contributed by atoms with Crippen LogP contribution in [0.2, 0.25) is 0 Å². The van der Waals surface area contributed by atoms with Crippen molar-refractivity contribution >= 4 is 8.65 Å². The average Bonchev–Trinajstić information content (AvgIpc) is 1.96.